The lowest BCUT2D eigenvalue weighted by molar-refractivity contribution is -0.305. The normalized spacial score (nSPS) is 42.3. The Balaban J connectivity index is 2.76. The van der Waals surface area contributed by atoms with Gasteiger partial charge in [0.15, 0.2) is 6.29 Å². The standard InChI is InChI=1S/C9H18O9/c10-1-2(11)3(12)5(14)8-6(15)4(13)7(16)9(17)18-8/h2-17H,1H2/t2?,3?,4?,5?,6?,7?,8?,9-/m1/s1. The first-order valence-electron chi connectivity index (χ1n) is 5.34. The number of rotatable bonds is 4. The molecule has 7 unspecified atom stereocenters. The van der Waals surface area contributed by atoms with Crippen molar-refractivity contribution in [1.29, 1.82) is 0 Å². The number of ether oxygens (including phenoxy) is 1. The minimum absolute atomic E-state index is 0.839. The Morgan fingerprint density at radius 1 is 0.889 bits per heavy atom. The van der Waals surface area contributed by atoms with Gasteiger partial charge in [0.1, 0.15) is 42.7 Å². The Labute approximate surface area is 102 Å². The molecule has 0 aromatic heterocycles. The SMILES string of the molecule is OCC(O)C(O)C(O)C1O[C@@H](O)C(O)C(O)C1O. The van der Waals surface area contributed by atoms with E-state index in [1.54, 1.807) is 0 Å². The van der Waals surface area contributed by atoms with Gasteiger partial charge in [-0.3, -0.25) is 0 Å². The van der Waals surface area contributed by atoms with Crippen LogP contribution in [0.5, 0.6) is 0 Å². The van der Waals surface area contributed by atoms with Crippen molar-refractivity contribution in [2.75, 3.05) is 6.61 Å². The second-order valence-electron chi connectivity index (χ2n) is 4.19. The molecule has 0 radical (unpaired) electrons. The minimum atomic E-state index is -1.88. The smallest absolute Gasteiger partial charge is 0.184 e. The number of hydrogen-bond donors (Lipinski definition) is 8. The van der Waals surface area contributed by atoms with Crippen LogP contribution < -0.4 is 0 Å². The van der Waals surface area contributed by atoms with Crippen LogP contribution >= 0.6 is 0 Å². The van der Waals surface area contributed by atoms with Crippen molar-refractivity contribution in [3.63, 3.8) is 0 Å². The summed E-state index contributed by atoms with van der Waals surface area (Å²) >= 11 is 0. The maximum atomic E-state index is 9.63. The van der Waals surface area contributed by atoms with Gasteiger partial charge < -0.3 is 45.6 Å². The van der Waals surface area contributed by atoms with E-state index in [0.29, 0.717) is 0 Å². The van der Waals surface area contributed by atoms with E-state index in [0.717, 1.165) is 0 Å². The molecule has 9 nitrogen and oxygen atoms in total. The molecule has 0 saturated carbocycles. The molecular formula is C9H18O9. The van der Waals surface area contributed by atoms with Gasteiger partial charge in [0, 0.05) is 0 Å². The highest BCUT2D eigenvalue weighted by Gasteiger charge is 2.48. The van der Waals surface area contributed by atoms with Crippen molar-refractivity contribution in [3.8, 4) is 0 Å². The van der Waals surface area contributed by atoms with E-state index < -0.39 is 55.6 Å². The lowest BCUT2D eigenvalue weighted by atomic mass is 9.91. The van der Waals surface area contributed by atoms with Crippen molar-refractivity contribution in [2.24, 2.45) is 0 Å². The first-order valence-corrected chi connectivity index (χ1v) is 5.34. The average Bonchev–Trinajstić information content (AvgIpc) is 2.37. The molecular weight excluding hydrogens is 252 g/mol. The molecule has 1 rings (SSSR count). The highest BCUT2D eigenvalue weighted by atomic mass is 16.6. The molecule has 18 heavy (non-hydrogen) atoms. The van der Waals surface area contributed by atoms with Gasteiger partial charge in [-0.05, 0) is 0 Å². The summed E-state index contributed by atoms with van der Waals surface area (Å²) in [5.41, 5.74) is 0. The highest BCUT2D eigenvalue weighted by Crippen LogP contribution is 2.24. The Morgan fingerprint density at radius 3 is 1.94 bits per heavy atom. The molecule has 1 aliphatic heterocycles. The predicted octanol–water partition coefficient (Wildman–Crippen LogP) is -5.14. The van der Waals surface area contributed by atoms with Crippen LogP contribution in [0.2, 0.25) is 0 Å². The summed E-state index contributed by atoms with van der Waals surface area (Å²) in [6.45, 7) is -0.839. The summed E-state index contributed by atoms with van der Waals surface area (Å²) in [4.78, 5) is 0. The summed E-state index contributed by atoms with van der Waals surface area (Å²) in [5.74, 6) is 0. The molecule has 108 valence electrons. The molecule has 0 spiro atoms. The van der Waals surface area contributed by atoms with Crippen molar-refractivity contribution in [2.45, 2.75) is 49.0 Å². The third-order valence-electron chi connectivity index (χ3n) is 2.89. The maximum absolute atomic E-state index is 9.63. The zero-order valence-corrected chi connectivity index (χ0v) is 9.31. The molecule has 8 atom stereocenters. The number of aliphatic hydroxyl groups excluding tert-OH is 8. The van der Waals surface area contributed by atoms with Crippen LogP contribution in [0.15, 0.2) is 0 Å². The van der Waals surface area contributed by atoms with E-state index in [-0.39, 0.29) is 0 Å². The third kappa shape index (κ3) is 2.96. The fraction of sp³-hybridized carbons (Fsp3) is 1.00. The third-order valence-corrected chi connectivity index (χ3v) is 2.89. The van der Waals surface area contributed by atoms with Gasteiger partial charge in [0.05, 0.1) is 6.61 Å². The van der Waals surface area contributed by atoms with E-state index in [1.807, 2.05) is 0 Å². The molecule has 9 heteroatoms. The molecule has 0 aromatic rings. The van der Waals surface area contributed by atoms with Crippen molar-refractivity contribution >= 4 is 0 Å². The van der Waals surface area contributed by atoms with Gasteiger partial charge in [0.2, 0.25) is 0 Å². The van der Waals surface area contributed by atoms with E-state index in [2.05, 4.69) is 4.74 Å². The van der Waals surface area contributed by atoms with E-state index >= 15 is 0 Å². The van der Waals surface area contributed by atoms with Crippen molar-refractivity contribution in [1.82, 2.24) is 0 Å². The summed E-state index contributed by atoms with van der Waals surface area (Å²) in [6, 6.07) is 0. The summed E-state index contributed by atoms with van der Waals surface area (Å²) < 4.78 is 4.65. The minimum Gasteiger partial charge on any atom is -0.394 e. The molecule has 0 aliphatic carbocycles. The molecule has 1 saturated heterocycles. The monoisotopic (exact) mass is 270 g/mol. The second kappa shape index (κ2) is 6.19. The molecule has 1 fully saturated rings. The van der Waals surface area contributed by atoms with Crippen molar-refractivity contribution < 1.29 is 45.6 Å². The van der Waals surface area contributed by atoms with Gasteiger partial charge in [-0.1, -0.05) is 0 Å². The van der Waals surface area contributed by atoms with Crippen LogP contribution in [0.3, 0.4) is 0 Å². The zero-order valence-electron chi connectivity index (χ0n) is 9.31. The van der Waals surface area contributed by atoms with Gasteiger partial charge >= 0.3 is 0 Å². The summed E-state index contributed by atoms with van der Waals surface area (Å²) in [5, 5.41) is 74.1. The van der Waals surface area contributed by atoms with Crippen LogP contribution in [0, 0.1) is 0 Å². The fourth-order valence-electron chi connectivity index (χ4n) is 1.70. The molecule has 0 amide bonds. The molecule has 1 aliphatic rings. The molecule has 0 aromatic carbocycles. The first-order chi connectivity index (χ1) is 8.31. The number of hydrogen-bond acceptors (Lipinski definition) is 9. The lowest BCUT2D eigenvalue weighted by Gasteiger charge is -2.41. The van der Waals surface area contributed by atoms with Gasteiger partial charge in [-0.2, -0.15) is 0 Å². The highest BCUT2D eigenvalue weighted by molar-refractivity contribution is 4.95. The van der Waals surface area contributed by atoms with Gasteiger partial charge in [-0.25, -0.2) is 0 Å². The average molecular weight is 270 g/mol. The van der Waals surface area contributed by atoms with E-state index in [4.69, 9.17) is 10.2 Å². The van der Waals surface area contributed by atoms with Crippen LogP contribution in [-0.2, 0) is 4.74 Å². The van der Waals surface area contributed by atoms with Crippen LogP contribution in [0.25, 0.3) is 0 Å². The van der Waals surface area contributed by atoms with E-state index in [1.165, 1.54) is 0 Å². The first kappa shape index (κ1) is 15.7. The molecule has 1 heterocycles. The van der Waals surface area contributed by atoms with Gasteiger partial charge in [-0.15, -0.1) is 0 Å². The van der Waals surface area contributed by atoms with Crippen molar-refractivity contribution in [3.05, 3.63) is 0 Å². The fourth-order valence-corrected chi connectivity index (χ4v) is 1.70. The topological polar surface area (TPSA) is 171 Å². The van der Waals surface area contributed by atoms with Gasteiger partial charge in [0.25, 0.3) is 0 Å². The zero-order chi connectivity index (χ0) is 14.0. The molecule has 8 N–H and O–H groups in total. The quantitative estimate of drug-likeness (QED) is 0.249. The molecule has 0 bridgehead atoms. The Bertz CT molecular complexity index is 262. The van der Waals surface area contributed by atoms with Crippen LogP contribution in [0.4, 0.5) is 0 Å². The maximum Gasteiger partial charge on any atom is 0.184 e. The largest absolute Gasteiger partial charge is 0.394 e. The Morgan fingerprint density at radius 2 is 1.44 bits per heavy atom. The Hall–Kier alpha value is -0.360. The Kier molecular flexibility index (Phi) is 5.40. The lowest BCUT2D eigenvalue weighted by Crippen LogP contribution is -2.63. The summed E-state index contributed by atoms with van der Waals surface area (Å²) in [6.07, 6.45) is -14.2. The van der Waals surface area contributed by atoms with Crippen LogP contribution in [0.1, 0.15) is 0 Å². The van der Waals surface area contributed by atoms with E-state index in [9.17, 15) is 30.6 Å². The number of aliphatic hydroxyl groups is 8. The second-order valence-corrected chi connectivity index (χ2v) is 4.19. The summed E-state index contributed by atoms with van der Waals surface area (Å²) in [7, 11) is 0. The predicted molar refractivity (Wildman–Crippen MR) is 54.0 cm³/mol. The van der Waals surface area contributed by atoms with Crippen LogP contribution in [-0.4, -0.2) is 96.5 Å².